The van der Waals surface area contributed by atoms with E-state index in [1.54, 1.807) is 0 Å². The maximum absolute atomic E-state index is 4.84. The lowest BCUT2D eigenvalue weighted by Gasteiger charge is -2.27. The topological polar surface area (TPSA) is 29.9 Å². The summed E-state index contributed by atoms with van der Waals surface area (Å²) in [7, 11) is 0. The van der Waals surface area contributed by atoms with Gasteiger partial charge in [-0.2, -0.15) is 0 Å². The number of rotatable bonds is 5. The molecule has 1 unspecified atom stereocenters. The molecule has 1 aliphatic heterocycles. The largest absolute Gasteiger partial charge is 0.329 e. The van der Waals surface area contributed by atoms with E-state index in [1.165, 1.54) is 30.1 Å². The molecule has 1 aromatic heterocycles. The molecule has 1 N–H and O–H groups in total. The van der Waals surface area contributed by atoms with E-state index in [4.69, 9.17) is 4.98 Å². The molecule has 0 fully saturated rings. The summed E-state index contributed by atoms with van der Waals surface area (Å²) in [5.74, 6) is 2.05. The Morgan fingerprint density at radius 1 is 1.28 bits per heavy atom. The normalized spacial score (nSPS) is 16.9. The van der Waals surface area contributed by atoms with E-state index in [0.29, 0.717) is 6.04 Å². The Kier molecular flexibility index (Phi) is 4.44. The third-order valence-electron chi connectivity index (χ3n) is 4.45. The van der Waals surface area contributed by atoms with Crippen LogP contribution in [0.25, 0.3) is 0 Å². The van der Waals surface area contributed by atoms with Crippen LogP contribution in [0.15, 0.2) is 0 Å². The summed E-state index contributed by atoms with van der Waals surface area (Å²) in [5, 5.41) is 3.43. The Morgan fingerprint density at radius 2 is 2.00 bits per heavy atom. The summed E-state index contributed by atoms with van der Waals surface area (Å²) >= 11 is 0. The molecule has 0 aliphatic carbocycles. The Bertz CT molecular complexity index is 391. The van der Waals surface area contributed by atoms with E-state index in [9.17, 15) is 0 Å². The lowest BCUT2D eigenvalue weighted by atomic mass is 9.94. The van der Waals surface area contributed by atoms with Gasteiger partial charge < -0.3 is 9.88 Å². The van der Waals surface area contributed by atoms with Crippen LogP contribution in [0.3, 0.4) is 0 Å². The molecule has 18 heavy (non-hydrogen) atoms. The summed E-state index contributed by atoms with van der Waals surface area (Å²) in [4.78, 5) is 4.84. The average Bonchev–Trinajstić information content (AvgIpc) is 2.78. The molecule has 102 valence electrons. The fourth-order valence-electron chi connectivity index (χ4n) is 3.30. The summed E-state index contributed by atoms with van der Waals surface area (Å²) in [5.41, 5.74) is 2.78. The van der Waals surface area contributed by atoms with E-state index in [1.807, 2.05) is 0 Å². The van der Waals surface area contributed by atoms with Crippen molar-refractivity contribution in [2.24, 2.45) is 5.92 Å². The van der Waals surface area contributed by atoms with Crippen molar-refractivity contribution < 1.29 is 0 Å². The summed E-state index contributed by atoms with van der Waals surface area (Å²) < 4.78 is 2.55. The molecule has 2 rings (SSSR count). The second kappa shape index (κ2) is 5.87. The fraction of sp³-hybridized carbons (Fsp3) is 0.800. The van der Waals surface area contributed by atoms with Gasteiger partial charge in [-0.1, -0.05) is 33.6 Å². The predicted molar refractivity (Wildman–Crippen MR) is 75.8 cm³/mol. The van der Waals surface area contributed by atoms with E-state index in [0.717, 1.165) is 31.8 Å². The van der Waals surface area contributed by atoms with Gasteiger partial charge in [-0.3, -0.25) is 0 Å². The highest BCUT2D eigenvalue weighted by Gasteiger charge is 2.25. The predicted octanol–water partition coefficient (Wildman–Crippen LogP) is 3.09. The second-order valence-corrected chi connectivity index (χ2v) is 5.39. The van der Waals surface area contributed by atoms with Gasteiger partial charge in [0.1, 0.15) is 5.82 Å². The van der Waals surface area contributed by atoms with Crippen molar-refractivity contribution in [2.75, 3.05) is 6.54 Å². The lowest BCUT2D eigenvalue weighted by Crippen LogP contribution is -2.27. The zero-order valence-corrected chi connectivity index (χ0v) is 12.3. The van der Waals surface area contributed by atoms with Crippen molar-refractivity contribution >= 4 is 0 Å². The number of fused-ring (bicyclic) bond motifs is 1. The highest BCUT2D eigenvalue weighted by Crippen LogP contribution is 2.29. The molecule has 0 aromatic carbocycles. The fourth-order valence-corrected chi connectivity index (χ4v) is 3.30. The number of aromatic nitrogens is 2. The highest BCUT2D eigenvalue weighted by molar-refractivity contribution is 5.21. The monoisotopic (exact) mass is 249 g/mol. The van der Waals surface area contributed by atoms with E-state index >= 15 is 0 Å². The molecule has 3 nitrogen and oxygen atoms in total. The van der Waals surface area contributed by atoms with Crippen LogP contribution >= 0.6 is 0 Å². The zero-order valence-electron chi connectivity index (χ0n) is 12.3. The van der Waals surface area contributed by atoms with Gasteiger partial charge in [0.05, 0.1) is 5.69 Å². The average molecular weight is 249 g/mol. The molecule has 0 bridgehead atoms. The first-order valence-corrected chi connectivity index (χ1v) is 7.52. The molecule has 0 radical (unpaired) electrons. The number of nitrogens with zero attached hydrogens (tertiary/aromatic N) is 2. The minimum absolute atomic E-state index is 0.587. The standard InChI is InChI=1S/C15H27N3/c1-5-12(6-2)11(4)18-14-8-9-16-10-13(14)17-15(18)7-3/h11-12,16H,5-10H2,1-4H3. The SMILES string of the molecule is CCc1nc2c(n1C(C)C(CC)CC)CCNC2. The molecule has 1 aromatic rings. The Balaban J connectivity index is 2.38. The van der Waals surface area contributed by atoms with Crippen LogP contribution in [-0.2, 0) is 19.4 Å². The van der Waals surface area contributed by atoms with Crippen LogP contribution < -0.4 is 5.32 Å². The highest BCUT2D eigenvalue weighted by atomic mass is 15.1. The van der Waals surface area contributed by atoms with Crippen molar-refractivity contribution in [3.05, 3.63) is 17.2 Å². The van der Waals surface area contributed by atoms with Crippen LogP contribution in [0.4, 0.5) is 0 Å². The molecule has 0 saturated carbocycles. The molecule has 2 heterocycles. The van der Waals surface area contributed by atoms with Gasteiger partial charge in [-0.25, -0.2) is 4.98 Å². The van der Waals surface area contributed by atoms with Gasteiger partial charge >= 0.3 is 0 Å². The van der Waals surface area contributed by atoms with Crippen molar-refractivity contribution in [1.82, 2.24) is 14.9 Å². The smallest absolute Gasteiger partial charge is 0.109 e. The van der Waals surface area contributed by atoms with Gasteiger partial charge in [0, 0.05) is 37.7 Å². The van der Waals surface area contributed by atoms with Crippen LogP contribution in [-0.4, -0.2) is 16.1 Å². The summed E-state index contributed by atoms with van der Waals surface area (Å²) in [6.45, 7) is 11.3. The number of imidazole rings is 1. The van der Waals surface area contributed by atoms with Gasteiger partial charge in [-0.05, 0) is 12.8 Å². The summed E-state index contributed by atoms with van der Waals surface area (Å²) in [6.07, 6.45) is 4.68. The number of hydrogen-bond donors (Lipinski definition) is 1. The first-order chi connectivity index (χ1) is 8.72. The third-order valence-corrected chi connectivity index (χ3v) is 4.45. The van der Waals surface area contributed by atoms with Gasteiger partial charge in [0.25, 0.3) is 0 Å². The van der Waals surface area contributed by atoms with E-state index in [2.05, 4.69) is 37.6 Å². The maximum atomic E-state index is 4.84. The molecule has 0 amide bonds. The molecule has 0 spiro atoms. The van der Waals surface area contributed by atoms with Gasteiger partial charge in [0.2, 0.25) is 0 Å². The molecular formula is C15H27N3. The minimum Gasteiger partial charge on any atom is -0.329 e. The zero-order chi connectivity index (χ0) is 13.1. The van der Waals surface area contributed by atoms with Crippen molar-refractivity contribution in [3.8, 4) is 0 Å². The summed E-state index contributed by atoms with van der Waals surface area (Å²) in [6, 6.07) is 0.587. The van der Waals surface area contributed by atoms with Crippen LogP contribution in [0.2, 0.25) is 0 Å². The van der Waals surface area contributed by atoms with Crippen LogP contribution in [0, 0.1) is 5.92 Å². The molecular weight excluding hydrogens is 222 g/mol. The minimum atomic E-state index is 0.587. The second-order valence-electron chi connectivity index (χ2n) is 5.39. The van der Waals surface area contributed by atoms with Crippen LogP contribution in [0.5, 0.6) is 0 Å². The number of aryl methyl sites for hydroxylation is 1. The molecule has 3 heteroatoms. The molecule has 1 atom stereocenters. The first kappa shape index (κ1) is 13.6. The van der Waals surface area contributed by atoms with E-state index < -0.39 is 0 Å². The van der Waals surface area contributed by atoms with E-state index in [-0.39, 0.29) is 0 Å². The number of nitrogens with one attached hydrogen (secondary N) is 1. The maximum Gasteiger partial charge on any atom is 0.109 e. The third kappa shape index (κ3) is 2.33. The Morgan fingerprint density at radius 3 is 2.61 bits per heavy atom. The van der Waals surface area contributed by atoms with Crippen LogP contribution in [0.1, 0.15) is 63.8 Å². The van der Waals surface area contributed by atoms with Crippen molar-refractivity contribution in [3.63, 3.8) is 0 Å². The lowest BCUT2D eigenvalue weighted by molar-refractivity contribution is 0.319. The Hall–Kier alpha value is -0.830. The molecule has 1 aliphatic rings. The Labute approximate surface area is 111 Å². The van der Waals surface area contributed by atoms with Crippen molar-refractivity contribution in [1.29, 1.82) is 0 Å². The van der Waals surface area contributed by atoms with Gasteiger partial charge in [0.15, 0.2) is 0 Å². The van der Waals surface area contributed by atoms with Crippen molar-refractivity contribution in [2.45, 2.75) is 66.0 Å². The number of hydrogen-bond acceptors (Lipinski definition) is 2. The quantitative estimate of drug-likeness (QED) is 0.869. The first-order valence-electron chi connectivity index (χ1n) is 7.52. The molecule has 0 saturated heterocycles. The van der Waals surface area contributed by atoms with Gasteiger partial charge in [-0.15, -0.1) is 0 Å².